The number of sulfonamides is 1. The summed E-state index contributed by atoms with van der Waals surface area (Å²) in [4.78, 5) is 11.2. The Bertz CT molecular complexity index is 1690. The van der Waals surface area contributed by atoms with Crippen LogP contribution in [0.15, 0.2) is 42.5 Å². The van der Waals surface area contributed by atoms with Gasteiger partial charge >= 0.3 is 5.97 Å². The number of aliphatic carboxylic acids is 1. The summed E-state index contributed by atoms with van der Waals surface area (Å²) in [7, 11) is -3.19. The maximum Gasteiger partial charge on any atom is 0.304 e. The first-order valence-electron chi connectivity index (χ1n) is 14.5. The van der Waals surface area contributed by atoms with Crippen molar-refractivity contribution in [3.63, 3.8) is 0 Å². The van der Waals surface area contributed by atoms with Crippen molar-refractivity contribution < 1.29 is 36.9 Å². The van der Waals surface area contributed by atoms with Crippen LogP contribution in [0.3, 0.4) is 0 Å². The molecule has 0 bridgehead atoms. The summed E-state index contributed by atoms with van der Waals surface area (Å²) in [5, 5.41) is 9.17. The molecule has 0 radical (unpaired) electrons. The largest absolute Gasteiger partial charge is 0.493 e. The molecule has 2 heterocycles. The zero-order valence-corrected chi connectivity index (χ0v) is 25.6. The van der Waals surface area contributed by atoms with Crippen molar-refractivity contribution in [1.82, 2.24) is 4.31 Å². The van der Waals surface area contributed by atoms with Crippen LogP contribution in [0.4, 0.5) is 4.39 Å². The van der Waals surface area contributed by atoms with Crippen LogP contribution in [-0.2, 0) is 21.2 Å². The van der Waals surface area contributed by atoms with Gasteiger partial charge in [0.15, 0.2) is 0 Å². The second-order valence-corrected chi connectivity index (χ2v) is 14.5. The van der Waals surface area contributed by atoms with Gasteiger partial charge in [0.1, 0.15) is 29.2 Å². The second-order valence-electron chi connectivity index (χ2n) is 12.5. The molecule has 228 valence electrons. The van der Waals surface area contributed by atoms with Crippen LogP contribution >= 0.6 is 0 Å². The summed E-state index contributed by atoms with van der Waals surface area (Å²) in [5.41, 5.74) is 6.16. The molecule has 2 aliphatic heterocycles. The van der Waals surface area contributed by atoms with Gasteiger partial charge < -0.3 is 19.3 Å². The molecule has 1 saturated heterocycles. The molecule has 1 aliphatic carbocycles. The number of aryl methyl sites for hydroxylation is 2. The SMILES string of the molecule is Cc1cc(OCC2(C)CN(S(C)(=O)=O)C2)cc(C)c1-c1ccc(F)c2c1CCC2Oc1ccc2c(c1)OCC2CC(=O)O. The van der Waals surface area contributed by atoms with E-state index in [1.165, 1.54) is 16.6 Å². The number of ether oxygens (including phenoxy) is 3. The molecule has 2 atom stereocenters. The fourth-order valence-electron chi connectivity index (χ4n) is 6.72. The highest BCUT2D eigenvalue weighted by molar-refractivity contribution is 7.88. The highest BCUT2D eigenvalue weighted by atomic mass is 32.2. The van der Waals surface area contributed by atoms with Gasteiger partial charge in [-0.15, -0.1) is 0 Å². The Labute approximate surface area is 251 Å². The fourth-order valence-corrected chi connectivity index (χ4v) is 7.81. The van der Waals surface area contributed by atoms with Crippen molar-refractivity contribution >= 4 is 16.0 Å². The minimum absolute atomic E-state index is 0.00658. The highest BCUT2D eigenvalue weighted by Crippen LogP contribution is 2.45. The van der Waals surface area contributed by atoms with Crippen molar-refractivity contribution in [2.24, 2.45) is 5.41 Å². The van der Waals surface area contributed by atoms with Crippen LogP contribution in [0.1, 0.15) is 59.6 Å². The van der Waals surface area contributed by atoms with Gasteiger partial charge in [0.25, 0.3) is 0 Å². The molecule has 0 amide bonds. The number of hydrogen-bond donors (Lipinski definition) is 1. The van der Waals surface area contributed by atoms with Crippen molar-refractivity contribution in [2.75, 3.05) is 32.6 Å². The summed E-state index contributed by atoms with van der Waals surface area (Å²) < 4.78 is 58.5. The molecule has 43 heavy (non-hydrogen) atoms. The molecule has 0 aromatic heterocycles. The van der Waals surface area contributed by atoms with Crippen molar-refractivity contribution in [3.8, 4) is 28.4 Å². The van der Waals surface area contributed by atoms with Gasteiger partial charge in [-0.1, -0.05) is 19.1 Å². The van der Waals surface area contributed by atoms with E-state index < -0.39 is 22.1 Å². The van der Waals surface area contributed by atoms with Gasteiger partial charge in [0.2, 0.25) is 10.0 Å². The number of halogens is 1. The molecule has 1 N–H and O–H groups in total. The number of carboxylic acids is 1. The number of nitrogens with zero attached hydrogens (tertiary/aromatic N) is 1. The predicted molar refractivity (Wildman–Crippen MR) is 160 cm³/mol. The van der Waals surface area contributed by atoms with Gasteiger partial charge in [-0.05, 0) is 78.8 Å². The first-order chi connectivity index (χ1) is 20.3. The standard InChI is InChI=1S/C33H36FNO7S/c1-19-11-23(41-18-33(3)16-35(17-33)43(4,38)39)12-20(2)31(19)25-7-9-27(34)32-26(25)8-10-28(32)42-22-5-6-24-21(13-30(36)37)15-40-29(24)14-22/h5-7,9,11-12,14,21,28H,8,10,13,15-18H2,1-4H3,(H,36,37). The van der Waals surface area contributed by atoms with Gasteiger partial charge in [-0.3, -0.25) is 4.79 Å². The van der Waals surface area contributed by atoms with Crippen LogP contribution in [0.25, 0.3) is 11.1 Å². The molecule has 2 unspecified atom stereocenters. The van der Waals surface area contributed by atoms with Crippen LogP contribution in [0.5, 0.6) is 17.2 Å². The maximum absolute atomic E-state index is 15.3. The number of hydrogen-bond acceptors (Lipinski definition) is 6. The second kappa shape index (κ2) is 10.8. The lowest BCUT2D eigenvalue weighted by Gasteiger charge is -2.45. The average molecular weight is 610 g/mol. The Morgan fingerprint density at radius 1 is 1.12 bits per heavy atom. The third kappa shape index (κ3) is 5.70. The molecule has 3 aliphatic rings. The fraction of sp³-hybridized carbons (Fsp3) is 0.424. The lowest BCUT2D eigenvalue weighted by atomic mass is 9.85. The summed E-state index contributed by atoms with van der Waals surface area (Å²) in [6.07, 6.45) is 2.07. The monoisotopic (exact) mass is 609 g/mol. The van der Waals surface area contributed by atoms with Gasteiger partial charge in [-0.25, -0.2) is 17.1 Å². The minimum Gasteiger partial charge on any atom is -0.493 e. The van der Waals surface area contributed by atoms with Gasteiger partial charge in [0, 0.05) is 41.6 Å². The molecule has 8 nitrogen and oxygen atoms in total. The number of benzene rings is 3. The van der Waals surface area contributed by atoms with Crippen LogP contribution in [0.2, 0.25) is 0 Å². The summed E-state index contributed by atoms with van der Waals surface area (Å²) >= 11 is 0. The molecular weight excluding hydrogens is 573 g/mol. The Morgan fingerprint density at radius 3 is 2.51 bits per heavy atom. The molecule has 0 saturated carbocycles. The zero-order valence-electron chi connectivity index (χ0n) is 24.8. The summed E-state index contributed by atoms with van der Waals surface area (Å²) in [6.45, 7) is 7.68. The van der Waals surface area contributed by atoms with Crippen molar-refractivity contribution in [1.29, 1.82) is 0 Å². The lowest BCUT2D eigenvalue weighted by molar-refractivity contribution is -0.137. The van der Waals surface area contributed by atoms with Gasteiger partial charge in [-0.2, -0.15) is 0 Å². The molecule has 3 aromatic carbocycles. The molecule has 0 spiro atoms. The lowest BCUT2D eigenvalue weighted by Crippen LogP contribution is -2.58. The van der Waals surface area contributed by atoms with E-state index in [-0.39, 0.29) is 23.6 Å². The van der Waals surface area contributed by atoms with E-state index in [9.17, 15) is 13.2 Å². The van der Waals surface area contributed by atoms with E-state index in [0.717, 1.165) is 39.1 Å². The van der Waals surface area contributed by atoms with Crippen molar-refractivity contribution in [2.45, 2.75) is 52.1 Å². The zero-order chi connectivity index (χ0) is 30.7. The molecule has 10 heteroatoms. The average Bonchev–Trinajstić information content (AvgIpc) is 3.50. The normalized spacial score (nSPS) is 20.6. The number of carbonyl (C=O) groups is 1. The minimum atomic E-state index is -3.19. The van der Waals surface area contributed by atoms with Gasteiger partial charge in [0.05, 0.1) is 25.9 Å². The summed E-state index contributed by atoms with van der Waals surface area (Å²) in [5.74, 6) is 0.544. The Balaban J connectivity index is 1.20. The molecule has 3 aromatic rings. The van der Waals surface area contributed by atoms with Crippen molar-refractivity contribution in [3.05, 3.63) is 76.1 Å². The maximum atomic E-state index is 15.3. The summed E-state index contributed by atoms with van der Waals surface area (Å²) in [6, 6.07) is 12.7. The van der Waals surface area contributed by atoms with Crippen LogP contribution < -0.4 is 14.2 Å². The topological polar surface area (TPSA) is 102 Å². The van der Waals surface area contributed by atoms with E-state index in [0.29, 0.717) is 56.2 Å². The van der Waals surface area contributed by atoms with E-state index >= 15 is 4.39 Å². The van der Waals surface area contributed by atoms with Crippen LogP contribution in [-0.4, -0.2) is 56.4 Å². The number of rotatable bonds is 9. The molecule has 6 rings (SSSR count). The smallest absolute Gasteiger partial charge is 0.304 e. The predicted octanol–water partition coefficient (Wildman–Crippen LogP) is 5.79. The number of carboxylic acid groups (broad SMARTS) is 1. The third-order valence-corrected chi connectivity index (χ3v) is 9.99. The molecular formula is C33H36FNO7S. The van der Waals surface area contributed by atoms with E-state index in [1.807, 2.05) is 45.0 Å². The Kier molecular flexibility index (Phi) is 7.41. The number of fused-ring (bicyclic) bond motifs is 2. The first-order valence-corrected chi connectivity index (χ1v) is 16.3. The van der Waals surface area contributed by atoms with E-state index in [1.54, 1.807) is 12.1 Å². The first kappa shape index (κ1) is 29.4. The Morgan fingerprint density at radius 2 is 1.84 bits per heavy atom. The van der Waals surface area contributed by atoms with Crippen LogP contribution in [0, 0.1) is 25.1 Å². The third-order valence-electron chi connectivity index (χ3n) is 8.79. The molecule has 1 fully saturated rings. The Hall–Kier alpha value is -3.63. The highest BCUT2D eigenvalue weighted by Gasteiger charge is 2.44. The van der Waals surface area contributed by atoms with E-state index in [2.05, 4.69) is 0 Å². The quantitative estimate of drug-likeness (QED) is 0.328. The van der Waals surface area contributed by atoms with E-state index in [4.69, 9.17) is 19.3 Å².